The van der Waals surface area contributed by atoms with E-state index >= 15 is 0 Å². The van der Waals surface area contributed by atoms with Crippen LogP contribution in [0.3, 0.4) is 0 Å². The molecule has 9 heteroatoms. The quantitative estimate of drug-likeness (QED) is 0.540. The molecule has 1 aliphatic rings. The molecule has 0 saturated heterocycles. The summed E-state index contributed by atoms with van der Waals surface area (Å²) in [6.07, 6.45) is 3.32. The molecule has 1 heterocycles. The Balaban J connectivity index is 1.54. The zero-order valence-electron chi connectivity index (χ0n) is 16.1. The Bertz CT molecular complexity index is 898. The molecular weight excluding hydrogens is 376 g/mol. The smallest absolute Gasteiger partial charge is 0.231 e. The third-order valence-corrected chi connectivity index (χ3v) is 5.75. The molecule has 0 atom stereocenters. The van der Waals surface area contributed by atoms with Gasteiger partial charge in [0.15, 0.2) is 5.82 Å². The molecule has 1 aromatic carbocycles. The molecule has 28 heavy (non-hydrogen) atoms. The maximum atomic E-state index is 12.2. The van der Waals surface area contributed by atoms with Crippen molar-refractivity contribution in [1.29, 1.82) is 5.26 Å². The average molecular weight is 401 g/mol. The molecule has 1 saturated carbocycles. The Labute approximate surface area is 168 Å². The number of carbonyl (C=O) groups is 1. The van der Waals surface area contributed by atoms with Gasteiger partial charge in [0.1, 0.15) is 17.9 Å². The molecule has 0 spiro atoms. The summed E-state index contributed by atoms with van der Waals surface area (Å²) in [5, 5.41) is 20.7. The van der Waals surface area contributed by atoms with Crippen molar-refractivity contribution in [1.82, 2.24) is 20.2 Å². The van der Waals surface area contributed by atoms with E-state index in [-0.39, 0.29) is 18.3 Å². The number of aryl methyl sites for hydroxylation is 2. The molecule has 1 fully saturated rings. The van der Waals surface area contributed by atoms with Crippen molar-refractivity contribution < 1.29 is 9.53 Å². The van der Waals surface area contributed by atoms with Crippen LogP contribution in [0.5, 0.6) is 5.75 Å². The lowest BCUT2D eigenvalue weighted by Crippen LogP contribution is -2.45. The van der Waals surface area contributed by atoms with Crippen LogP contribution in [0.4, 0.5) is 0 Å². The highest BCUT2D eigenvalue weighted by Gasteiger charge is 2.35. The number of nitrogens with one attached hydrogen (secondary N) is 1. The lowest BCUT2D eigenvalue weighted by Gasteiger charge is -2.21. The van der Waals surface area contributed by atoms with Crippen LogP contribution in [0.15, 0.2) is 23.4 Å². The molecule has 8 nitrogen and oxygen atoms in total. The number of nitrogens with zero attached hydrogens (tertiary/aromatic N) is 4. The SMILES string of the molecule is Cc1ccc(OCc2nnc(SCC(=O)NC3(C#N)CCCC3)n2N)c(C)c1. The Morgan fingerprint density at radius 2 is 2.14 bits per heavy atom. The van der Waals surface area contributed by atoms with Gasteiger partial charge in [-0.15, -0.1) is 10.2 Å². The van der Waals surface area contributed by atoms with E-state index in [1.165, 1.54) is 22.0 Å². The van der Waals surface area contributed by atoms with E-state index in [0.29, 0.717) is 23.8 Å². The number of amides is 1. The van der Waals surface area contributed by atoms with Crippen molar-refractivity contribution in [2.24, 2.45) is 0 Å². The molecule has 3 rings (SSSR count). The van der Waals surface area contributed by atoms with Gasteiger partial charge in [-0.2, -0.15) is 5.26 Å². The molecule has 0 unspecified atom stereocenters. The first-order valence-electron chi connectivity index (χ1n) is 9.17. The number of thioether (sulfide) groups is 1. The average Bonchev–Trinajstić information content (AvgIpc) is 3.27. The molecule has 0 radical (unpaired) electrons. The number of nitrogen functional groups attached to an aromatic ring is 1. The highest BCUT2D eigenvalue weighted by molar-refractivity contribution is 7.99. The third-order valence-electron chi connectivity index (χ3n) is 4.80. The Morgan fingerprint density at radius 1 is 1.39 bits per heavy atom. The van der Waals surface area contributed by atoms with Gasteiger partial charge in [0.2, 0.25) is 11.1 Å². The van der Waals surface area contributed by atoms with E-state index in [0.717, 1.165) is 24.2 Å². The summed E-state index contributed by atoms with van der Waals surface area (Å²) >= 11 is 1.18. The molecule has 0 aliphatic heterocycles. The summed E-state index contributed by atoms with van der Waals surface area (Å²) in [7, 11) is 0. The maximum Gasteiger partial charge on any atom is 0.231 e. The molecule has 0 bridgehead atoms. The van der Waals surface area contributed by atoms with Gasteiger partial charge in [-0.3, -0.25) is 4.79 Å². The Kier molecular flexibility index (Phi) is 6.09. The molecule has 148 valence electrons. The number of benzene rings is 1. The van der Waals surface area contributed by atoms with Crippen molar-refractivity contribution in [2.45, 2.75) is 56.8 Å². The minimum atomic E-state index is -0.723. The number of aromatic nitrogens is 3. The van der Waals surface area contributed by atoms with Crippen LogP contribution in [0, 0.1) is 25.2 Å². The van der Waals surface area contributed by atoms with Crippen LogP contribution in [0.2, 0.25) is 0 Å². The van der Waals surface area contributed by atoms with Gasteiger partial charge in [-0.1, -0.05) is 29.5 Å². The van der Waals surface area contributed by atoms with Gasteiger partial charge in [-0.25, -0.2) is 4.68 Å². The lowest BCUT2D eigenvalue weighted by molar-refractivity contribution is -0.119. The van der Waals surface area contributed by atoms with Crippen LogP contribution in [-0.4, -0.2) is 32.1 Å². The molecule has 3 N–H and O–H groups in total. The van der Waals surface area contributed by atoms with Crippen LogP contribution in [-0.2, 0) is 11.4 Å². The summed E-state index contributed by atoms with van der Waals surface area (Å²) < 4.78 is 7.12. The van der Waals surface area contributed by atoms with Gasteiger partial charge in [0.25, 0.3) is 0 Å². The largest absolute Gasteiger partial charge is 0.485 e. The maximum absolute atomic E-state index is 12.2. The second-order valence-corrected chi connectivity index (χ2v) is 8.01. The summed E-state index contributed by atoms with van der Waals surface area (Å²) in [5.41, 5.74) is 1.48. The number of hydrogen-bond donors (Lipinski definition) is 2. The summed E-state index contributed by atoms with van der Waals surface area (Å²) in [6.45, 7) is 4.18. The van der Waals surface area contributed by atoms with E-state index in [9.17, 15) is 10.1 Å². The Morgan fingerprint density at radius 3 is 2.82 bits per heavy atom. The highest BCUT2D eigenvalue weighted by Crippen LogP contribution is 2.29. The molecule has 1 aliphatic carbocycles. The number of nitriles is 1. The fraction of sp³-hybridized carbons (Fsp3) is 0.474. The second kappa shape index (κ2) is 8.52. The van der Waals surface area contributed by atoms with Crippen LogP contribution < -0.4 is 15.9 Å². The van der Waals surface area contributed by atoms with Gasteiger partial charge in [0, 0.05) is 0 Å². The Hall–Kier alpha value is -2.73. The number of nitrogens with two attached hydrogens (primary N) is 1. The highest BCUT2D eigenvalue weighted by atomic mass is 32.2. The van der Waals surface area contributed by atoms with Crippen LogP contribution in [0.25, 0.3) is 0 Å². The number of hydrogen-bond acceptors (Lipinski definition) is 7. The minimum Gasteiger partial charge on any atom is -0.485 e. The van der Waals surface area contributed by atoms with E-state index in [2.05, 4.69) is 21.6 Å². The monoisotopic (exact) mass is 400 g/mol. The number of carbonyl (C=O) groups excluding carboxylic acids is 1. The third kappa shape index (κ3) is 4.57. The van der Waals surface area contributed by atoms with Gasteiger partial charge in [0.05, 0.1) is 11.8 Å². The first-order chi connectivity index (χ1) is 13.4. The van der Waals surface area contributed by atoms with E-state index in [4.69, 9.17) is 10.6 Å². The first-order valence-corrected chi connectivity index (χ1v) is 10.2. The fourth-order valence-corrected chi connectivity index (χ4v) is 3.96. The predicted molar refractivity (Wildman–Crippen MR) is 106 cm³/mol. The first kappa shape index (κ1) is 20.0. The molecular formula is C19H24N6O2S. The van der Waals surface area contributed by atoms with Crippen molar-refractivity contribution in [3.05, 3.63) is 35.2 Å². The second-order valence-electron chi connectivity index (χ2n) is 7.06. The lowest BCUT2D eigenvalue weighted by atomic mass is 10.0. The van der Waals surface area contributed by atoms with Gasteiger partial charge >= 0.3 is 0 Å². The fourth-order valence-electron chi connectivity index (χ4n) is 3.28. The number of rotatable bonds is 7. The van der Waals surface area contributed by atoms with E-state index in [1.807, 2.05) is 32.0 Å². The molecule has 2 aromatic rings. The van der Waals surface area contributed by atoms with Crippen LogP contribution >= 0.6 is 11.8 Å². The van der Waals surface area contributed by atoms with Crippen molar-refractivity contribution in [3.63, 3.8) is 0 Å². The molecule has 1 aromatic heterocycles. The predicted octanol–water partition coefficient (Wildman–Crippen LogP) is 2.23. The van der Waals surface area contributed by atoms with Crippen molar-refractivity contribution in [2.75, 3.05) is 11.6 Å². The zero-order chi connectivity index (χ0) is 20.1. The summed E-state index contributed by atoms with van der Waals surface area (Å²) in [5.74, 6) is 7.19. The molecule has 1 amide bonds. The summed E-state index contributed by atoms with van der Waals surface area (Å²) in [4.78, 5) is 12.2. The normalized spacial score (nSPS) is 15.2. The standard InChI is InChI=1S/C19H24N6O2S/c1-13-5-6-15(14(2)9-13)27-10-16-23-24-18(25(16)21)28-11-17(26)22-19(12-20)7-3-4-8-19/h5-6,9H,3-4,7-8,10-11,21H2,1-2H3,(H,22,26). The van der Waals surface area contributed by atoms with E-state index < -0.39 is 5.54 Å². The van der Waals surface area contributed by atoms with Crippen molar-refractivity contribution >= 4 is 17.7 Å². The van der Waals surface area contributed by atoms with Crippen molar-refractivity contribution in [3.8, 4) is 11.8 Å². The topological polar surface area (TPSA) is 119 Å². The minimum absolute atomic E-state index is 0.122. The van der Waals surface area contributed by atoms with E-state index in [1.54, 1.807) is 0 Å². The number of ether oxygens (including phenoxy) is 1. The van der Waals surface area contributed by atoms with Gasteiger partial charge < -0.3 is 15.9 Å². The van der Waals surface area contributed by atoms with Crippen LogP contribution in [0.1, 0.15) is 42.6 Å². The summed E-state index contributed by atoms with van der Waals surface area (Å²) in [6, 6.07) is 8.18. The zero-order valence-corrected chi connectivity index (χ0v) is 16.9. The van der Waals surface area contributed by atoms with Gasteiger partial charge in [-0.05, 0) is 51.2 Å².